The van der Waals surface area contributed by atoms with Gasteiger partial charge in [-0.3, -0.25) is 14.4 Å². The average Bonchev–Trinajstić information content (AvgIpc) is 3.18. The second kappa shape index (κ2) is 9.73. The molecule has 0 radical (unpaired) electrons. The molecule has 0 aliphatic carbocycles. The Balaban J connectivity index is 1.54. The third-order valence-corrected chi connectivity index (χ3v) is 6.52. The highest BCUT2D eigenvalue weighted by atomic mass is 32.1. The zero-order valence-corrected chi connectivity index (χ0v) is 17.7. The van der Waals surface area contributed by atoms with Crippen molar-refractivity contribution in [3.8, 4) is 0 Å². The van der Waals surface area contributed by atoms with Gasteiger partial charge in [-0.15, -0.1) is 11.3 Å². The number of carbonyl (C=O) groups excluding carboxylic acids is 1. The van der Waals surface area contributed by atoms with Gasteiger partial charge in [-0.05, 0) is 43.7 Å². The van der Waals surface area contributed by atoms with Crippen LogP contribution in [0.5, 0.6) is 0 Å². The van der Waals surface area contributed by atoms with Crippen molar-refractivity contribution >= 4 is 46.6 Å². The van der Waals surface area contributed by atoms with Crippen molar-refractivity contribution in [1.29, 1.82) is 0 Å². The molecular formula is C20H25N5O5S. The van der Waals surface area contributed by atoms with Crippen molar-refractivity contribution < 1.29 is 24.6 Å². The second-order valence-electron chi connectivity index (χ2n) is 7.64. The van der Waals surface area contributed by atoms with Gasteiger partial charge in [-0.1, -0.05) is 0 Å². The Morgan fingerprint density at radius 3 is 2.71 bits per heavy atom. The molecule has 0 bridgehead atoms. The molecule has 0 fully saturated rings. The topological polar surface area (TPSA) is 182 Å². The number of anilines is 3. The molecule has 0 saturated carbocycles. The number of ketones is 1. The van der Waals surface area contributed by atoms with Crippen LogP contribution in [0.2, 0.25) is 0 Å². The monoisotopic (exact) mass is 447 g/mol. The maximum atomic E-state index is 12.5. The third kappa shape index (κ3) is 5.91. The van der Waals surface area contributed by atoms with Crippen LogP contribution in [0.4, 0.5) is 17.6 Å². The number of hydrogen-bond donors (Lipinski definition) is 5. The van der Waals surface area contributed by atoms with Crippen LogP contribution in [0.25, 0.3) is 0 Å². The molecule has 0 aromatic carbocycles. The number of hydrogen-bond acceptors (Lipinski definition) is 9. The number of fused-ring (bicyclic) bond motifs is 1. The molecule has 0 amide bonds. The van der Waals surface area contributed by atoms with Crippen LogP contribution in [-0.2, 0) is 22.4 Å². The summed E-state index contributed by atoms with van der Waals surface area (Å²) in [5, 5.41) is 21.2. The van der Waals surface area contributed by atoms with Crippen LogP contribution in [0, 0.1) is 11.8 Å². The van der Waals surface area contributed by atoms with Crippen molar-refractivity contribution in [2.75, 3.05) is 23.3 Å². The van der Waals surface area contributed by atoms with E-state index in [0.29, 0.717) is 22.4 Å². The molecule has 31 heavy (non-hydrogen) atoms. The van der Waals surface area contributed by atoms with Crippen LogP contribution in [0.1, 0.15) is 45.8 Å². The summed E-state index contributed by atoms with van der Waals surface area (Å²) in [6.45, 7) is 0.740. The zero-order valence-electron chi connectivity index (χ0n) is 16.8. The first-order valence-corrected chi connectivity index (χ1v) is 10.8. The normalized spacial score (nSPS) is 16.2. The average molecular weight is 448 g/mol. The van der Waals surface area contributed by atoms with E-state index in [0.717, 1.165) is 36.2 Å². The molecule has 1 unspecified atom stereocenters. The first-order valence-electron chi connectivity index (χ1n) is 9.95. The Hall–Kier alpha value is -3.21. The largest absolute Gasteiger partial charge is 0.481 e. The minimum atomic E-state index is -1.15. The number of carboxylic acids is 2. The van der Waals surface area contributed by atoms with Crippen molar-refractivity contribution in [2.24, 2.45) is 11.8 Å². The van der Waals surface area contributed by atoms with E-state index in [2.05, 4.69) is 15.3 Å². The molecule has 10 nitrogen and oxygen atoms in total. The molecule has 0 saturated heterocycles. The smallest absolute Gasteiger partial charge is 0.306 e. The number of rotatable bonds is 10. The Kier molecular flexibility index (Phi) is 7.06. The van der Waals surface area contributed by atoms with Gasteiger partial charge < -0.3 is 27.0 Å². The molecule has 2 atom stereocenters. The number of aromatic nitrogens is 2. The van der Waals surface area contributed by atoms with E-state index < -0.39 is 17.9 Å². The Morgan fingerprint density at radius 1 is 1.23 bits per heavy atom. The van der Waals surface area contributed by atoms with Gasteiger partial charge in [-0.2, -0.15) is 9.97 Å². The lowest BCUT2D eigenvalue weighted by Crippen LogP contribution is -2.26. The Bertz CT molecular complexity index is 992. The molecule has 166 valence electrons. The number of nitrogens with two attached hydrogens (primary N) is 2. The van der Waals surface area contributed by atoms with Gasteiger partial charge >= 0.3 is 11.9 Å². The van der Waals surface area contributed by atoms with E-state index in [-0.39, 0.29) is 31.0 Å². The highest BCUT2D eigenvalue weighted by Gasteiger charge is 2.25. The standard InChI is InChI=1S/C20H25N5O5S/c21-17-13-7-10(9-23-18(13)25-20(22)24-17)1-3-12-4-5-15(31-12)14(26)8-11(19(29)30)2-6-16(27)28/h4-5,10-11H,1-3,6-9H2,(H,27,28)(H,29,30)(H5,21,22,23,24,25)/t10?,11-/m1/s1. The second-order valence-corrected chi connectivity index (χ2v) is 8.81. The minimum Gasteiger partial charge on any atom is -0.481 e. The van der Waals surface area contributed by atoms with Crippen LogP contribution in [0.3, 0.4) is 0 Å². The van der Waals surface area contributed by atoms with E-state index in [9.17, 15) is 19.5 Å². The summed E-state index contributed by atoms with van der Waals surface area (Å²) in [4.78, 5) is 44.2. The number of nitrogens with zero attached hydrogens (tertiary/aromatic N) is 2. The number of nitrogen functional groups attached to an aromatic ring is 2. The summed E-state index contributed by atoms with van der Waals surface area (Å²) in [7, 11) is 0. The van der Waals surface area contributed by atoms with E-state index in [1.54, 1.807) is 6.07 Å². The first-order chi connectivity index (χ1) is 14.7. The number of carbonyl (C=O) groups is 3. The quantitative estimate of drug-likeness (QED) is 0.338. The van der Waals surface area contributed by atoms with E-state index in [4.69, 9.17) is 16.6 Å². The fourth-order valence-electron chi connectivity index (χ4n) is 3.62. The van der Waals surface area contributed by atoms with Crippen LogP contribution in [-0.4, -0.2) is 44.4 Å². The van der Waals surface area contributed by atoms with Crippen LogP contribution < -0.4 is 16.8 Å². The fraction of sp³-hybridized carbons (Fsp3) is 0.450. The third-order valence-electron chi connectivity index (χ3n) is 5.33. The highest BCUT2D eigenvalue weighted by Crippen LogP contribution is 2.30. The van der Waals surface area contributed by atoms with Gasteiger partial charge in [0.2, 0.25) is 5.95 Å². The zero-order chi connectivity index (χ0) is 22.5. The summed E-state index contributed by atoms with van der Waals surface area (Å²) < 4.78 is 0. The molecule has 2 aromatic heterocycles. The predicted molar refractivity (Wildman–Crippen MR) is 116 cm³/mol. The van der Waals surface area contributed by atoms with Crippen LogP contribution in [0.15, 0.2) is 12.1 Å². The Morgan fingerprint density at radius 2 is 2.00 bits per heavy atom. The number of thiophene rings is 1. The number of Topliss-reactive ketones (excluding diaryl/α,β-unsaturated/α-hetero) is 1. The van der Waals surface area contributed by atoms with Gasteiger partial charge in [0.05, 0.1) is 10.8 Å². The fourth-order valence-corrected chi connectivity index (χ4v) is 4.59. The van der Waals surface area contributed by atoms with Crippen molar-refractivity contribution in [3.05, 3.63) is 27.5 Å². The minimum absolute atomic E-state index is 0.0662. The van der Waals surface area contributed by atoms with Gasteiger partial charge in [0, 0.05) is 29.8 Å². The Labute approximate surface area is 182 Å². The predicted octanol–water partition coefficient (Wildman–Crippen LogP) is 2.06. The number of aryl methyl sites for hydroxylation is 1. The molecule has 0 spiro atoms. The highest BCUT2D eigenvalue weighted by molar-refractivity contribution is 7.14. The molecule has 1 aliphatic heterocycles. The summed E-state index contributed by atoms with van der Waals surface area (Å²) in [6, 6.07) is 3.59. The van der Waals surface area contributed by atoms with E-state index in [1.165, 1.54) is 11.3 Å². The van der Waals surface area contributed by atoms with Crippen molar-refractivity contribution in [2.45, 2.75) is 38.5 Å². The van der Waals surface area contributed by atoms with Gasteiger partial charge in [0.1, 0.15) is 11.6 Å². The lowest BCUT2D eigenvalue weighted by molar-refractivity contribution is -0.142. The number of carboxylic acid groups (broad SMARTS) is 2. The summed E-state index contributed by atoms with van der Waals surface area (Å²) in [5.41, 5.74) is 12.5. The summed E-state index contributed by atoms with van der Waals surface area (Å²) >= 11 is 1.35. The molecule has 1 aliphatic rings. The van der Waals surface area contributed by atoms with Gasteiger partial charge in [0.15, 0.2) is 5.78 Å². The van der Waals surface area contributed by atoms with Gasteiger partial charge in [-0.25, -0.2) is 0 Å². The number of aliphatic carboxylic acids is 2. The van der Waals surface area contributed by atoms with Crippen LogP contribution >= 0.6 is 11.3 Å². The van der Waals surface area contributed by atoms with E-state index in [1.807, 2.05) is 6.07 Å². The number of nitrogens with one attached hydrogen (secondary N) is 1. The van der Waals surface area contributed by atoms with Crippen molar-refractivity contribution in [1.82, 2.24) is 9.97 Å². The first kappa shape index (κ1) is 22.5. The van der Waals surface area contributed by atoms with E-state index >= 15 is 0 Å². The summed E-state index contributed by atoms with van der Waals surface area (Å²) in [5.74, 6) is -1.95. The maximum Gasteiger partial charge on any atom is 0.306 e. The molecule has 2 aromatic rings. The molecule has 3 rings (SSSR count). The molecule has 7 N–H and O–H groups in total. The lowest BCUT2D eigenvalue weighted by Gasteiger charge is -2.26. The maximum absolute atomic E-state index is 12.5. The van der Waals surface area contributed by atoms with Crippen molar-refractivity contribution in [3.63, 3.8) is 0 Å². The molecular weight excluding hydrogens is 422 g/mol. The SMILES string of the molecule is Nc1nc(N)c2c(n1)NCC(CCc1ccc(C(=O)C[C@@H](CCC(=O)O)C(=O)O)s1)C2. The molecule has 11 heteroatoms. The molecule has 3 heterocycles. The lowest BCUT2D eigenvalue weighted by atomic mass is 9.92. The summed E-state index contributed by atoms with van der Waals surface area (Å²) in [6.07, 6.45) is 1.85. The van der Waals surface area contributed by atoms with Gasteiger partial charge in [0.25, 0.3) is 0 Å².